The number of carbonyl (C=O) groups is 1. The molecule has 4 rings (SSSR count). The molecular formula is C18H22N4OS. The molecule has 4 heterocycles. The van der Waals surface area contributed by atoms with Crippen molar-refractivity contribution in [1.82, 2.24) is 20.2 Å². The molecule has 1 fully saturated rings. The minimum Gasteiger partial charge on any atom is -0.334 e. The predicted octanol–water partition coefficient (Wildman–Crippen LogP) is 2.86. The third kappa shape index (κ3) is 3.08. The van der Waals surface area contributed by atoms with Gasteiger partial charge >= 0.3 is 0 Å². The lowest BCUT2D eigenvalue weighted by Crippen LogP contribution is -2.37. The van der Waals surface area contributed by atoms with Crippen molar-refractivity contribution in [3.63, 3.8) is 0 Å². The summed E-state index contributed by atoms with van der Waals surface area (Å²) in [4.78, 5) is 25.1. The molecule has 2 aliphatic rings. The second-order valence-corrected chi connectivity index (χ2v) is 7.74. The molecule has 126 valence electrons. The molecule has 2 aromatic heterocycles. The second-order valence-electron chi connectivity index (χ2n) is 6.63. The van der Waals surface area contributed by atoms with Gasteiger partial charge in [-0.25, -0.2) is 9.97 Å². The van der Waals surface area contributed by atoms with Gasteiger partial charge in [0.25, 0.3) is 5.91 Å². The molecule has 5 nitrogen and oxygen atoms in total. The van der Waals surface area contributed by atoms with E-state index in [1.807, 2.05) is 29.5 Å². The Morgan fingerprint density at radius 1 is 1.42 bits per heavy atom. The number of nitrogens with one attached hydrogen (secondary N) is 1. The van der Waals surface area contributed by atoms with Crippen molar-refractivity contribution in [1.29, 1.82) is 0 Å². The molecule has 1 saturated heterocycles. The first-order valence-electron chi connectivity index (χ1n) is 8.63. The predicted molar refractivity (Wildman–Crippen MR) is 94.1 cm³/mol. The number of piperidine rings is 1. The molecule has 0 bridgehead atoms. The summed E-state index contributed by atoms with van der Waals surface area (Å²) in [6.45, 7) is 4.42. The zero-order valence-electron chi connectivity index (χ0n) is 13.9. The Labute approximate surface area is 146 Å². The molecule has 0 aliphatic carbocycles. The zero-order chi connectivity index (χ0) is 16.5. The van der Waals surface area contributed by atoms with Gasteiger partial charge in [0.15, 0.2) is 0 Å². The Kier molecular flexibility index (Phi) is 4.33. The maximum atomic E-state index is 12.6. The minimum absolute atomic E-state index is 0.114. The molecule has 6 heteroatoms. The first kappa shape index (κ1) is 15.7. The molecule has 0 aromatic carbocycles. The van der Waals surface area contributed by atoms with E-state index in [0.717, 1.165) is 48.6 Å². The lowest BCUT2D eigenvalue weighted by atomic mass is 10.0. The van der Waals surface area contributed by atoms with Crippen molar-refractivity contribution in [3.05, 3.63) is 45.2 Å². The van der Waals surface area contributed by atoms with Gasteiger partial charge in [-0.2, -0.15) is 0 Å². The normalized spacial score (nSPS) is 20.7. The van der Waals surface area contributed by atoms with E-state index in [1.54, 1.807) is 11.3 Å². The van der Waals surface area contributed by atoms with Crippen LogP contribution in [-0.4, -0.2) is 33.9 Å². The fraction of sp³-hybridized carbons (Fsp3) is 0.500. The third-order valence-electron chi connectivity index (χ3n) is 4.84. The largest absolute Gasteiger partial charge is 0.334 e. The molecule has 1 N–H and O–H groups in total. The van der Waals surface area contributed by atoms with Crippen LogP contribution in [0.2, 0.25) is 0 Å². The van der Waals surface area contributed by atoms with Crippen LogP contribution in [0.3, 0.4) is 0 Å². The third-order valence-corrected chi connectivity index (χ3v) is 5.70. The highest BCUT2D eigenvalue weighted by Crippen LogP contribution is 2.24. The summed E-state index contributed by atoms with van der Waals surface area (Å²) < 4.78 is 0. The van der Waals surface area contributed by atoms with E-state index in [0.29, 0.717) is 6.54 Å². The smallest absolute Gasteiger partial charge is 0.255 e. The summed E-state index contributed by atoms with van der Waals surface area (Å²) in [7, 11) is 0. The highest BCUT2D eigenvalue weighted by atomic mass is 32.1. The van der Waals surface area contributed by atoms with Crippen molar-refractivity contribution in [2.45, 2.75) is 45.2 Å². The maximum Gasteiger partial charge on any atom is 0.255 e. The number of amides is 1. The fourth-order valence-corrected chi connectivity index (χ4v) is 4.16. The topological polar surface area (TPSA) is 58.1 Å². The molecule has 0 saturated carbocycles. The first-order valence-corrected chi connectivity index (χ1v) is 9.51. The van der Waals surface area contributed by atoms with E-state index in [-0.39, 0.29) is 11.9 Å². The summed E-state index contributed by atoms with van der Waals surface area (Å²) in [5, 5.41) is 5.45. The Balaban J connectivity index is 1.50. The Hall–Kier alpha value is -1.79. The van der Waals surface area contributed by atoms with Crippen LogP contribution in [0, 0.1) is 6.92 Å². The number of fused-ring (bicyclic) bond motifs is 1. The number of carbonyl (C=O) groups excluding carboxylic acids is 1. The van der Waals surface area contributed by atoms with E-state index >= 15 is 0 Å². The minimum atomic E-state index is 0.114. The molecule has 0 unspecified atom stereocenters. The lowest BCUT2D eigenvalue weighted by Gasteiger charge is -2.29. The number of thiophene rings is 1. The van der Waals surface area contributed by atoms with Crippen LogP contribution in [0.15, 0.2) is 17.6 Å². The maximum absolute atomic E-state index is 12.6. The molecular weight excluding hydrogens is 320 g/mol. The summed E-state index contributed by atoms with van der Waals surface area (Å²) in [5.74, 6) is 1.03. The molecule has 1 amide bonds. The van der Waals surface area contributed by atoms with E-state index in [4.69, 9.17) is 4.98 Å². The van der Waals surface area contributed by atoms with Crippen LogP contribution in [0.4, 0.5) is 0 Å². The van der Waals surface area contributed by atoms with Gasteiger partial charge in [0.1, 0.15) is 5.82 Å². The number of hydrogen-bond donors (Lipinski definition) is 1. The highest BCUT2D eigenvalue weighted by Gasteiger charge is 2.25. The van der Waals surface area contributed by atoms with Crippen molar-refractivity contribution < 1.29 is 4.79 Å². The lowest BCUT2D eigenvalue weighted by molar-refractivity contribution is 0.0733. The molecule has 1 atom stereocenters. The van der Waals surface area contributed by atoms with E-state index < -0.39 is 0 Å². The average Bonchev–Trinajstić information content (AvgIpc) is 3.07. The van der Waals surface area contributed by atoms with Crippen LogP contribution in [-0.2, 0) is 13.0 Å². The van der Waals surface area contributed by atoms with Gasteiger partial charge in [-0.3, -0.25) is 4.79 Å². The van der Waals surface area contributed by atoms with Crippen LogP contribution in [0.5, 0.6) is 0 Å². The summed E-state index contributed by atoms with van der Waals surface area (Å²) in [5.41, 5.74) is 2.99. The number of hydrogen-bond acceptors (Lipinski definition) is 5. The fourth-order valence-electron chi connectivity index (χ4n) is 3.48. The van der Waals surface area contributed by atoms with Crippen molar-refractivity contribution in [3.8, 4) is 0 Å². The summed E-state index contributed by atoms with van der Waals surface area (Å²) >= 11 is 1.62. The standard InChI is InChI=1S/C18H22N4OS/c1-12-8-13(11-24-12)18(23)22-7-5-15-14(10-22)9-20-17(21-15)16-4-2-3-6-19-16/h8-9,11,16,19H,2-7,10H2,1H3/t16-/m1/s1. The van der Waals surface area contributed by atoms with Crippen molar-refractivity contribution >= 4 is 17.2 Å². The van der Waals surface area contributed by atoms with E-state index in [9.17, 15) is 4.79 Å². The number of nitrogens with zero attached hydrogens (tertiary/aromatic N) is 3. The summed E-state index contributed by atoms with van der Waals surface area (Å²) in [6, 6.07) is 2.26. The van der Waals surface area contributed by atoms with Gasteiger partial charge in [-0.15, -0.1) is 11.3 Å². The number of rotatable bonds is 2. The Morgan fingerprint density at radius 3 is 3.08 bits per heavy atom. The van der Waals surface area contributed by atoms with Gasteiger partial charge in [0.05, 0.1) is 17.3 Å². The molecule has 2 aliphatic heterocycles. The van der Waals surface area contributed by atoms with E-state index in [2.05, 4.69) is 10.3 Å². The van der Waals surface area contributed by atoms with Gasteiger partial charge < -0.3 is 10.2 Å². The average molecular weight is 342 g/mol. The monoisotopic (exact) mass is 342 g/mol. The SMILES string of the molecule is Cc1cc(C(=O)N2CCc3nc([C@H]4CCCCN4)ncc3C2)cs1. The Bertz CT molecular complexity index is 751. The van der Waals surface area contributed by atoms with Crippen LogP contribution < -0.4 is 5.32 Å². The Morgan fingerprint density at radius 2 is 2.33 bits per heavy atom. The highest BCUT2D eigenvalue weighted by molar-refractivity contribution is 7.10. The van der Waals surface area contributed by atoms with Crippen LogP contribution in [0.25, 0.3) is 0 Å². The molecule has 0 radical (unpaired) electrons. The number of aryl methyl sites for hydroxylation is 1. The van der Waals surface area contributed by atoms with Gasteiger partial charge in [0, 0.05) is 41.5 Å². The van der Waals surface area contributed by atoms with Gasteiger partial charge in [-0.05, 0) is 32.4 Å². The van der Waals surface area contributed by atoms with Gasteiger partial charge in [0.2, 0.25) is 0 Å². The molecule has 2 aromatic rings. The van der Waals surface area contributed by atoms with Crippen molar-refractivity contribution in [2.24, 2.45) is 0 Å². The molecule has 24 heavy (non-hydrogen) atoms. The van der Waals surface area contributed by atoms with Gasteiger partial charge in [-0.1, -0.05) is 6.42 Å². The summed E-state index contributed by atoms with van der Waals surface area (Å²) in [6.07, 6.45) is 6.32. The zero-order valence-corrected chi connectivity index (χ0v) is 14.7. The quantitative estimate of drug-likeness (QED) is 0.912. The second kappa shape index (κ2) is 6.61. The van der Waals surface area contributed by atoms with Crippen LogP contribution >= 0.6 is 11.3 Å². The number of aromatic nitrogens is 2. The molecule has 0 spiro atoms. The van der Waals surface area contributed by atoms with Crippen LogP contribution in [0.1, 0.15) is 57.6 Å². The van der Waals surface area contributed by atoms with Crippen molar-refractivity contribution in [2.75, 3.05) is 13.1 Å². The van der Waals surface area contributed by atoms with E-state index in [1.165, 1.54) is 17.7 Å². The first-order chi connectivity index (χ1) is 11.7.